The zero-order valence-electron chi connectivity index (χ0n) is 12.0. The molecule has 0 spiro atoms. The van der Waals surface area contributed by atoms with Crippen molar-refractivity contribution >= 4 is 19.9 Å². The fourth-order valence-electron chi connectivity index (χ4n) is 2.32. The van der Waals surface area contributed by atoms with Crippen LogP contribution in [0, 0.1) is 6.92 Å². The van der Waals surface area contributed by atoms with Gasteiger partial charge in [-0.25, -0.2) is 21.6 Å². The number of hydrogen-bond acceptors (Lipinski definition) is 6. The molecule has 3 N–H and O–H groups in total. The Kier molecular flexibility index (Phi) is 4.71. The highest BCUT2D eigenvalue weighted by atomic mass is 32.2. The molecule has 1 aliphatic rings. The van der Waals surface area contributed by atoms with Gasteiger partial charge in [-0.1, -0.05) is 0 Å². The minimum absolute atomic E-state index is 0.0170. The molecule has 0 atom stereocenters. The number of H-pyrrole nitrogens is 1. The SMILES string of the molecule is CNCc1c(S(=O)(=O)NC2CCS(=O)(=O)CC2)n[nH]c1C. The molecular weight excluding hydrogens is 316 g/mol. The first-order valence-corrected chi connectivity index (χ1v) is 9.97. The Hall–Kier alpha value is -0.970. The van der Waals surface area contributed by atoms with Crippen molar-refractivity contribution in [2.24, 2.45) is 0 Å². The van der Waals surface area contributed by atoms with Gasteiger partial charge in [0.05, 0.1) is 11.5 Å². The van der Waals surface area contributed by atoms with Gasteiger partial charge in [0.15, 0.2) is 5.03 Å². The molecule has 0 aromatic carbocycles. The summed E-state index contributed by atoms with van der Waals surface area (Å²) in [5, 5.41) is 9.42. The summed E-state index contributed by atoms with van der Waals surface area (Å²) in [5.41, 5.74) is 1.28. The summed E-state index contributed by atoms with van der Waals surface area (Å²) < 4.78 is 50.1. The number of aryl methyl sites for hydroxylation is 1. The molecule has 1 aromatic heterocycles. The molecule has 10 heteroatoms. The normalized spacial score (nSPS) is 19.7. The topological polar surface area (TPSA) is 121 Å². The molecule has 8 nitrogen and oxygen atoms in total. The number of nitrogens with one attached hydrogen (secondary N) is 3. The Bertz CT molecular complexity index is 695. The van der Waals surface area contributed by atoms with E-state index in [1.54, 1.807) is 14.0 Å². The summed E-state index contributed by atoms with van der Waals surface area (Å²) in [6, 6.07) is -0.363. The van der Waals surface area contributed by atoms with Crippen molar-refractivity contribution < 1.29 is 16.8 Å². The van der Waals surface area contributed by atoms with Crippen LogP contribution in [0.5, 0.6) is 0 Å². The number of nitrogens with zero attached hydrogens (tertiary/aromatic N) is 1. The lowest BCUT2D eigenvalue weighted by atomic mass is 10.2. The summed E-state index contributed by atoms with van der Waals surface area (Å²) in [4.78, 5) is 0. The van der Waals surface area contributed by atoms with Crippen LogP contribution in [0.15, 0.2) is 5.03 Å². The molecule has 1 aliphatic heterocycles. The van der Waals surface area contributed by atoms with Crippen molar-refractivity contribution in [2.45, 2.75) is 37.4 Å². The maximum atomic E-state index is 12.4. The molecule has 120 valence electrons. The Morgan fingerprint density at radius 2 is 1.95 bits per heavy atom. The van der Waals surface area contributed by atoms with Crippen LogP contribution in [0.25, 0.3) is 0 Å². The molecule has 1 saturated heterocycles. The monoisotopic (exact) mass is 336 g/mol. The first-order valence-electron chi connectivity index (χ1n) is 6.66. The molecule has 2 heterocycles. The highest BCUT2D eigenvalue weighted by Gasteiger charge is 2.30. The Morgan fingerprint density at radius 1 is 1.33 bits per heavy atom. The Labute approximate surface area is 124 Å². The zero-order valence-corrected chi connectivity index (χ0v) is 13.6. The first-order chi connectivity index (χ1) is 9.75. The Balaban J connectivity index is 2.16. The lowest BCUT2D eigenvalue weighted by molar-refractivity contribution is 0.503. The van der Waals surface area contributed by atoms with Crippen molar-refractivity contribution in [3.05, 3.63) is 11.3 Å². The van der Waals surface area contributed by atoms with E-state index >= 15 is 0 Å². The average molecular weight is 336 g/mol. The van der Waals surface area contributed by atoms with Gasteiger partial charge in [-0.05, 0) is 26.8 Å². The van der Waals surface area contributed by atoms with Crippen LogP contribution in [0.4, 0.5) is 0 Å². The minimum Gasteiger partial charge on any atom is -0.316 e. The van der Waals surface area contributed by atoms with Crippen LogP contribution < -0.4 is 10.0 Å². The van der Waals surface area contributed by atoms with Crippen molar-refractivity contribution in [3.63, 3.8) is 0 Å². The Morgan fingerprint density at radius 3 is 2.52 bits per heavy atom. The molecule has 0 bridgehead atoms. The average Bonchev–Trinajstić information content (AvgIpc) is 2.75. The van der Waals surface area contributed by atoms with E-state index in [-0.39, 0.29) is 22.6 Å². The van der Waals surface area contributed by atoms with Gasteiger partial charge in [-0.3, -0.25) is 5.10 Å². The van der Waals surface area contributed by atoms with Gasteiger partial charge in [-0.2, -0.15) is 5.10 Å². The fraction of sp³-hybridized carbons (Fsp3) is 0.727. The number of aromatic amines is 1. The van der Waals surface area contributed by atoms with Crippen LogP contribution in [-0.2, 0) is 26.4 Å². The summed E-state index contributed by atoms with van der Waals surface area (Å²) in [6.45, 7) is 2.14. The lowest BCUT2D eigenvalue weighted by Crippen LogP contribution is -2.41. The molecule has 2 rings (SSSR count). The van der Waals surface area contributed by atoms with Crippen LogP contribution in [0.3, 0.4) is 0 Å². The fourth-order valence-corrected chi connectivity index (χ4v) is 5.31. The second kappa shape index (κ2) is 6.03. The number of hydrogen-bond donors (Lipinski definition) is 3. The number of rotatable bonds is 5. The molecule has 0 amide bonds. The second-order valence-electron chi connectivity index (χ2n) is 5.21. The molecular formula is C11H20N4O4S2. The van der Waals surface area contributed by atoms with E-state index < -0.39 is 19.9 Å². The number of sulfone groups is 1. The van der Waals surface area contributed by atoms with E-state index in [1.807, 2.05) is 0 Å². The quantitative estimate of drug-likeness (QED) is 0.653. The molecule has 0 aliphatic carbocycles. The third-order valence-electron chi connectivity index (χ3n) is 3.52. The highest BCUT2D eigenvalue weighted by Crippen LogP contribution is 2.19. The number of aromatic nitrogens is 2. The van der Waals surface area contributed by atoms with Gasteiger partial charge >= 0.3 is 0 Å². The van der Waals surface area contributed by atoms with Gasteiger partial charge in [0.1, 0.15) is 9.84 Å². The van der Waals surface area contributed by atoms with Gasteiger partial charge in [0, 0.05) is 23.8 Å². The van der Waals surface area contributed by atoms with Gasteiger partial charge in [-0.15, -0.1) is 0 Å². The molecule has 1 aromatic rings. The van der Waals surface area contributed by atoms with Crippen molar-refractivity contribution in [1.29, 1.82) is 0 Å². The predicted molar refractivity (Wildman–Crippen MR) is 78.1 cm³/mol. The molecule has 0 radical (unpaired) electrons. The van der Waals surface area contributed by atoms with E-state index in [9.17, 15) is 16.8 Å². The summed E-state index contributed by atoms with van der Waals surface area (Å²) in [6.07, 6.45) is 0.596. The van der Waals surface area contributed by atoms with Crippen LogP contribution in [0.2, 0.25) is 0 Å². The van der Waals surface area contributed by atoms with Crippen molar-refractivity contribution in [2.75, 3.05) is 18.6 Å². The van der Waals surface area contributed by atoms with Crippen LogP contribution in [0.1, 0.15) is 24.1 Å². The molecule has 0 saturated carbocycles. The first kappa shape index (κ1) is 16.4. The van der Waals surface area contributed by atoms with Crippen LogP contribution >= 0.6 is 0 Å². The van der Waals surface area contributed by atoms with Gasteiger partial charge in [0.2, 0.25) is 0 Å². The third-order valence-corrected chi connectivity index (χ3v) is 6.73. The van der Waals surface area contributed by atoms with E-state index in [2.05, 4.69) is 20.2 Å². The summed E-state index contributed by atoms with van der Waals surface area (Å²) in [5.74, 6) is 0.0340. The van der Waals surface area contributed by atoms with E-state index in [0.717, 1.165) is 0 Å². The molecule has 1 fully saturated rings. The minimum atomic E-state index is -3.76. The lowest BCUT2D eigenvalue weighted by Gasteiger charge is -2.22. The molecule has 21 heavy (non-hydrogen) atoms. The van der Waals surface area contributed by atoms with E-state index in [1.165, 1.54) is 0 Å². The standard InChI is InChI=1S/C11H20N4O4S2/c1-8-10(7-12-2)11(14-13-8)21(18,19)15-9-3-5-20(16,17)6-4-9/h9,12,15H,3-7H2,1-2H3,(H,13,14). The van der Waals surface area contributed by atoms with Gasteiger partial charge < -0.3 is 5.32 Å². The summed E-state index contributed by atoms with van der Waals surface area (Å²) in [7, 11) is -5.05. The second-order valence-corrected chi connectivity index (χ2v) is 9.14. The summed E-state index contributed by atoms with van der Waals surface area (Å²) >= 11 is 0. The highest BCUT2D eigenvalue weighted by molar-refractivity contribution is 7.91. The predicted octanol–water partition coefficient (Wildman–Crippen LogP) is -0.707. The van der Waals surface area contributed by atoms with Gasteiger partial charge in [0.25, 0.3) is 10.0 Å². The zero-order chi connectivity index (χ0) is 15.7. The van der Waals surface area contributed by atoms with Crippen molar-refractivity contribution in [3.8, 4) is 0 Å². The maximum Gasteiger partial charge on any atom is 0.260 e. The smallest absolute Gasteiger partial charge is 0.260 e. The van der Waals surface area contributed by atoms with E-state index in [4.69, 9.17) is 0 Å². The van der Waals surface area contributed by atoms with Crippen LogP contribution in [-0.4, -0.2) is 51.6 Å². The largest absolute Gasteiger partial charge is 0.316 e. The molecule has 0 unspecified atom stereocenters. The van der Waals surface area contributed by atoms with E-state index in [0.29, 0.717) is 30.6 Å². The number of sulfonamides is 1. The van der Waals surface area contributed by atoms with Crippen molar-refractivity contribution in [1.82, 2.24) is 20.2 Å². The third kappa shape index (κ3) is 3.82. The maximum absolute atomic E-state index is 12.4.